The second-order valence-electron chi connectivity index (χ2n) is 5.15. The van der Waals surface area contributed by atoms with Gasteiger partial charge in [-0.05, 0) is 43.2 Å². The van der Waals surface area contributed by atoms with Crippen LogP contribution >= 0.6 is 0 Å². The van der Waals surface area contributed by atoms with Crippen molar-refractivity contribution in [2.45, 2.75) is 46.5 Å². The van der Waals surface area contributed by atoms with Crippen LogP contribution in [-0.4, -0.2) is 6.61 Å². The van der Waals surface area contributed by atoms with E-state index in [2.05, 4.69) is 64.1 Å². The number of benzene rings is 1. The van der Waals surface area contributed by atoms with Gasteiger partial charge in [0, 0.05) is 0 Å². The van der Waals surface area contributed by atoms with Crippen LogP contribution in [-0.2, 0) is 0 Å². The van der Waals surface area contributed by atoms with Crippen LogP contribution in [0.5, 0.6) is 5.75 Å². The maximum atomic E-state index is 5.94. The van der Waals surface area contributed by atoms with E-state index in [9.17, 15) is 0 Å². The molecule has 0 radical (unpaired) electrons. The third-order valence-corrected chi connectivity index (χ3v) is 3.08. The second kappa shape index (κ2) is 7.97. The first kappa shape index (κ1) is 14.8. The summed E-state index contributed by atoms with van der Waals surface area (Å²) in [5.41, 5.74) is 1.35. The largest absolute Gasteiger partial charge is 0.493 e. The molecule has 0 aromatic heterocycles. The molecule has 100 valence electrons. The summed E-state index contributed by atoms with van der Waals surface area (Å²) in [5.74, 6) is 2.18. The van der Waals surface area contributed by atoms with Crippen LogP contribution < -0.4 is 4.74 Å². The van der Waals surface area contributed by atoms with E-state index < -0.39 is 0 Å². The lowest BCUT2D eigenvalue weighted by molar-refractivity contribution is 0.267. The van der Waals surface area contributed by atoms with Crippen LogP contribution in [0.25, 0.3) is 0 Å². The number of ether oxygens (including phenoxy) is 1. The molecule has 0 bridgehead atoms. The number of para-hydroxylation sites is 1. The topological polar surface area (TPSA) is 9.23 Å². The molecule has 1 nitrogen and oxygen atoms in total. The molecule has 1 aromatic carbocycles. The molecule has 18 heavy (non-hydrogen) atoms. The quantitative estimate of drug-likeness (QED) is 0.602. The Labute approximate surface area is 112 Å². The Hall–Kier alpha value is -1.24. The van der Waals surface area contributed by atoms with Gasteiger partial charge in [0.25, 0.3) is 0 Å². The van der Waals surface area contributed by atoms with Crippen LogP contribution in [0.1, 0.15) is 52.0 Å². The van der Waals surface area contributed by atoms with Crippen LogP contribution in [0.3, 0.4) is 0 Å². The number of hydrogen-bond acceptors (Lipinski definition) is 1. The average Bonchev–Trinajstić information content (AvgIpc) is 2.38. The summed E-state index contributed by atoms with van der Waals surface area (Å²) in [7, 11) is 0. The molecule has 0 saturated carbocycles. The van der Waals surface area contributed by atoms with Crippen LogP contribution in [0.4, 0.5) is 0 Å². The van der Waals surface area contributed by atoms with E-state index in [1.165, 1.54) is 5.56 Å². The summed E-state index contributed by atoms with van der Waals surface area (Å²) in [6, 6.07) is 8.46. The van der Waals surface area contributed by atoms with Gasteiger partial charge in [0.05, 0.1) is 6.61 Å². The molecule has 0 spiro atoms. The minimum Gasteiger partial charge on any atom is -0.493 e. The zero-order valence-electron chi connectivity index (χ0n) is 12.1. The molecule has 0 amide bonds. The van der Waals surface area contributed by atoms with Gasteiger partial charge in [-0.1, -0.05) is 51.1 Å². The molecule has 0 N–H and O–H groups in total. The van der Waals surface area contributed by atoms with Crippen molar-refractivity contribution in [1.29, 1.82) is 0 Å². The van der Waals surface area contributed by atoms with Crippen molar-refractivity contribution >= 4 is 0 Å². The van der Waals surface area contributed by atoms with E-state index in [1.54, 1.807) is 0 Å². The minimum absolute atomic E-state index is 0.560. The lowest BCUT2D eigenvalue weighted by atomic mass is 9.92. The first-order chi connectivity index (χ1) is 8.69. The molecule has 0 aliphatic heterocycles. The minimum atomic E-state index is 0.560. The molecule has 0 heterocycles. The SMILES string of the molecule is C/C=C\CC(CC)c1ccccc1OCC(C)C. The first-order valence-electron chi connectivity index (χ1n) is 7.01. The fraction of sp³-hybridized carbons (Fsp3) is 0.529. The summed E-state index contributed by atoms with van der Waals surface area (Å²) in [4.78, 5) is 0. The summed E-state index contributed by atoms with van der Waals surface area (Å²) < 4.78 is 5.94. The Morgan fingerprint density at radius 1 is 1.22 bits per heavy atom. The Bertz CT molecular complexity index is 366. The van der Waals surface area contributed by atoms with Crippen molar-refractivity contribution in [3.63, 3.8) is 0 Å². The fourth-order valence-electron chi connectivity index (χ4n) is 2.02. The van der Waals surface area contributed by atoms with Crippen molar-refractivity contribution in [3.8, 4) is 5.75 Å². The smallest absolute Gasteiger partial charge is 0.122 e. The first-order valence-corrected chi connectivity index (χ1v) is 7.01. The molecule has 1 unspecified atom stereocenters. The summed E-state index contributed by atoms with van der Waals surface area (Å²) in [6.07, 6.45) is 6.61. The number of hydrogen-bond donors (Lipinski definition) is 0. The number of allylic oxidation sites excluding steroid dienone is 2. The van der Waals surface area contributed by atoms with Gasteiger partial charge in [-0.2, -0.15) is 0 Å². The lowest BCUT2D eigenvalue weighted by Gasteiger charge is -2.19. The molecule has 0 fully saturated rings. The van der Waals surface area contributed by atoms with Crippen molar-refractivity contribution in [2.24, 2.45) is 5.92 Å². The van der Waals surface area contributed by atoms with E-state index in [-0.39, 0.29) is 0 Å². The molecular formula is C17H26O. The normalized spacial score (nSPS) is 13.2. The second-order valence-corrected chi connectivity index (χ2v) is 5.15. The predicted octanol–water partition coefficient (Wildman–Crippen LogP) is 5.18. The highest BCUT2D eigenvalue weighted by Gasteiger charge is 2.13. The fourth-order valence-corrected chi connectivity index (χ4v) is 2.02. The Morgan fingerprint density at radius 2 is 1.94 bits per heavy atom. The van der Waals surface area contributed by atoms with E-state index in [0.29, 0.717) is 11.8 Å². The molecule has 1 heteroatoms. The molecule has 1 rings (SSSR count). The van der Waals surface area contributed by atoms with Gasteiger partial charge in [-0.25, -0.2) is 0 Å². The van der Waals surface area contributed by atoms with Gasteiger partial charge >= 0.3 is 0 Å². The Morgan fingerprint density at radius 3 is 2.56 bits per heavy atom. The maximum absolute atomic E-state index is 5.94. The highest BCUT2D eigenvalue weighted by atomic mass is 16.5. The Kier molecular flexibility index (Phi) is 6.56. The highest BCUT2D eigenvalue weighted by Crippen LogP contribution is 2.31. The van der Waals surface area contributed by atoms with E-state index in [1.807, 2.05) is 0 Å². The molecule has 1 aromatic rings. The number of rotatable bonds is 7. The van der Waals surface area contributed by atoms with E-state index >= 15 is 0 Å². The lowest BCUT2D eigenvalue weighted by Crippen LogP contribution is -2.07. The summed E-state index contributed by atoms with van der Waals surface area (Å²) in [6.45, 7) is 9.47. The highest BCUT2D eigenvalue weighted by molar-refractivity contribution is 5.36. The third-order valence-electron chi connectivity index (χ3n) is 3.08. The van der Waals surface area contributed by atoms with E-state index in [0.717, 1.165) is 25.2 Å². The monoisotopic (exact) mass is 246 g/mol. The van der Waals surface area contributed by atoms with Gasteiger partial charge in [-0.3, -0.25) is 0 Å². The predicted molar refractivity (Wildman–Crippen MR) is 79.2 cm³/mol. The molecule has 0 saturated heterocycles. The average molecular weight is 246 g/mol. The molecule has 0 aliphatic rings. The van der Waals surface area contributed by atoms with Gasteiger partial charge in [0.15, 0.2) is 0 Å². The Balaban J connectivity index is 2.84. The van der Waals surface area contributed by atoms with Crippen LogP contribution in [0, 0.1) is 5.92 Å². The van der Waals surface area contributed by atoms with Crippen LogP contribution in [0.15, 0.2) is 36.4 Å². The molecule has 1 atom stereocenters. The molecular weight excluding hydrogens is 220 g/mol. The third kappa shape index (κ3) is 4.56. The summed E-state index contributed by atoms with van der Waals surface area (Å²) >= 11 is 0. The zero-order valence-corrected chi connectivity index (χ0v) is 12.1. The summed E-state index contributed by atoms with van der Waals surface area (Å²) in [5, 5.41) is 0. The van der Waals surface area contributed by atoms with Crippen molar-refractivity contribution in [2.75, 3.05) is 6.61 Å². The van der Waals surface area contributed by atoms with Gasteiger partial charge in [0.2, 0.25) is 0 Å². The van der Waals surface area contributed by atoms with Gasteiger partial charge in [-0.15, -0.1) is 0 Å². The maximum Gasteiger partial charge on any atom is 0.122 e. The van der Waals surface area contributed by atoms with Crippen molar-refractivity contribution in [1.82, 2.24) is 0 Å². The standard InChI is InChI=1S/C17H26O/c1-5-7-10-15(6-2)16-11-8-9-12-17(16)18-13-14(3)4/h5,7-9,11-12,14-15H,6,10,13H2,1-4H3/b7-5-. The van der Waals surface area contributed by atoms with Crippen LogP contribution in [0.2, 0.25) is 0 Å². The van der Waals surface area contributed by atoms with Gasteiger partial charge in [0.1, 0.15) is 5.75 Å². The molecule has 0 aliphatic carbocycles. The van der Waals surface area contributed by atoms with Crippen molar-refractivity contribution in [3.05, 3.63) is 42.0 Å². The van der Waals surface area contributed by atoms with E-state index in [4.69, 9.17) is 4.74 Å². The zero-order chi connectivity index (χ0) is 13.4. The van der Waals surface area contributed by atoms with Gasteiger partial charge < -0.3 is 4.74 Å². The van der Waals surface area contributed by atoms with Crippen molar-refractivity contribution < 1.29 is 4.74 Å².